The lowest BCUT2D eigenvalue weighted by Gasteiger charge is -2.24. The summed E-state index contributed by atoms with van der Waals surface area (Å²) in [6, 6.07) is 9.99. The number of aliphatic hydroxyl groups is 1. The fraction of sp³-hybridized carbons (Fsp3) is 0.444. The summed E-state index contributed by atoms with van der Waals surface area (Å²) >= 11 is 0. The van der Waals surface area contributed by atoms with Gasteiger partial charge in [0.25, 0.3) is 5.91 Å². The van der Waals surface area contributed by atoms with Gasteiger partial charge in [-0.1, -0.05) is 6.07 Å². The summed E-state index contributed by atoms with van der Waals surface area (Å²) < 4.78 is 44.0. The fourth-order valence-electron chi connectivity index (χ4n) is 3.61. The molecule has 2 aromatic rings. The molecule has 2 aromatic carbocycles. The molecule has 3 rings (SSSR count). The molecule has 2 N–H and O–H groups in total. The molecule has 1 atom stereocenters. The topological polar surface area (TPSA) is 106 Å². The molecule has 1 amide bonds. The quantitative estimate of drug-likeness (QED) is 0.347. The maximum atomic E-state index is 14.1. The SMILES string of the molecule is CC(C)(C)OC(=O)CC[C@]1(C(=O)NCc2ccc(F)cc2F)COC(c2ccc(OCCCO)cc2)=N1. The lowest BCUT2D eigenvalue weighted by atomic mass is 9.94. The third kappa shape index (κ3) is 7.98. The molecule has 0 radical (unpaired) electrons. The maximum Gasteiger partial charge on any atom is 0.306 e. The fourth-order valence-corrected chi connectivity index (χ4v) is 3.61. The Morgan fingerprint density at radius 3 is 2.54 bits per heavy atom. The number of aliphatic hydroxyl groups excluding tert-OH is 1. The van der Waals surface area contributed by atoms with Crippen molar-refractivity contribution in [1.29, 1.82) is 0 Å². The Bertz CT molecular complexity index is 1130. The molecule has 0 bridgehead atoms. The van der Waals surface area contributed by atoms with Crippen molar-refractivity contribution >= 4 is 17.8 Å². The Morgan fingerprint density at radius 2 is 1.89 bits per heavy atom. The molecule has 0 saturated heterocycles. The van der Waals surface area contributed by atoms with Gasteiger partial charge in [0.1, 0.15) is 29.6 Å². The number of carbonyl (C=O) groups excluding carboxylic acids is 2. The van der Waals surface area contributed by atoms with Gasteiger partial charge in [-0.05, 0) is 57.5 Å². The number of benzene rings is 2. The van der Waals surface area contributed by atoms with Gasteiger partial charge in [-0.15, -0.1) is 0 Å². The van der Waals surface area contributed by atoms with E-state index in [-0.39, 0.29) is 44.1 Å². The first-order valence-electron chi connectivity index (χ1n) is 12.0. The van der Waals surface area contributed by atoms with E-state index >= 15 is 0 Å². The molecule has 1 aliphatic rings. The highest BCUT2D eigenvalue weighted by molar-refractivity contribution is 6.00. The van der Waals surface area contributed by atoms with Crippen LogP contribution in [0.25, 0.3) is 0 Å². The number of hydrogen-bond acceptors (Lipinski definition) is 7. The molecule has 8 nitrogen and oxygen atoms in total. The second kappa shape index (κ2) is 12.1. The smallest absolute Gasteiger partial charge is 0.306 e. The van der Waals surface area contributed by atoms with Crippen LogP contribution in [0.3, 0.4) is 0 Å². The van der Waals surface area contributed by atoms with Crippen LogP contribution in [0.5, 0.6) is 5.75 Å². The van der Waals surface area contributed by atoms with E-state index in [1.807, 2.05) is 0 Å². The molecule has 1 aliphatic heterocycles. The first kappa shape index (κ1) is 28.0. The van der Waals surface area contributed by atoms with Crippen LogP contribution in [0, 0.1) is 11.6 Å². The Labute approximate surface area is 214 Å². The highest BCUT2D eigenvalue weighted by atomic mass is 19.1. The van der Waals surface area contributed by atoms with Gasteiger partial charge < -0.3 is 24.6 Å². The number of ether oxygens (including phenoxy) is 3. The van der Waals surface area contributed by atoms with E-state index in [9.17, 15) is 18.4 Å². The number of amides is 1. The van der Waals surface area contributed by atoms with E-state index < -0.39 is 34.7 Å². The van der Waals surface area contributed by atoms with E-state index in [2.05, 4.69) is 10.3 Å². The van der Waals surface area contributed by atoms with Crippen molar-refractivity contribution in [2.45, 2.75) is 57.7 Å². The van der Waals surface area contributed by atoms with Crippen molar-refractivity contribution in [3.05, 3.63) is 65.2 Å². The highest BCUT2D eigenvalue weighted by Crippen LogP contribution is 2.29. The number of carbonyl (C=O) groups is 2. The van der Waals surface area contributed by atoms with Crippen LogP contribution in [-0.2, 0) is 25.6 Å². The van der Waals surface area contributed by atoms with Crippen LogP contribution in [0.4, 0.5) is 8.78 Å². The number of rotatable bonds is 11. The predicted octanol–water partition coefficient (Wildman–Crippen LogP) is 3.68. The second-order valence-corrected chi connectivity index (χ2v) is 9.69. The van der Waals surface area contributed by atoms with E-state index in [0.717, 1.165) is 12.1 Å². The summed E-state index contributed by atoms with van der Waals surface area (Å²) in [6.45, 7) is 5.32. The van der Waals surface area contributed by atoms with Gasteiger partial charge in [0.15, 0.2) is 5.54 Å². The summed E-state index contributed by atoms with van der Waals surface area (Å²) in [5.74, 6) is -1.72. The number of nitrogens with one attached hydrogen (secondary N) is 1. The number of esters is 1. The molecule has 0 unspecified atom stereocenters. The number of aliphatic imine (C=N–C) groups is 1. The molecule has 0 spiro atoms. The van der Waals surface area contributed by atoms with Crippen LogP contribution in [0.15, 0.2) is 47.5 Å². The lowest BCUT2D eigenvalue weighted by molar-refractivity contribution is -0.155. The predicted molar refractivity (Wildman–Crippen MR) is 132 cm³/mol. The molecule has 0 fully saturated rings. The Kier molecular flexibility index (Phi) is 9.20. The van der Waals surface area contributed by atoms with Crippen molar-refractivity contribution in [2.75, 3.05) is 19.8 Å². The first-order valence-corrected chi connectivity index (χ1v) is 12.0. The van der Waals surface area contributed by atoms with Crippen LogP contribution in [0.2, 0.25) is 0 Å². The maximum absolute atomic E-state index is 14.1. The Morgan fingerprint density at radius 1 is 1.16 bits per heavy atom. The van der Waals surface area contributed by atoms with Gasteiger partial charge in [-0.25, -0.2) is 13.8 Å². The monoisotopic (exact) mass is 518 g/mol. The number of halogens is 2. The van der Waals surface area contributed by atoms with Crippen LogP contribution in [-0.4, -0.2) is 53.8 Å². The Hall–Kier alpha value is -3.53. The van der Waals surface area contributed by atoms with Gasteiger partial charge in [-0.2, -0.15) is 0 Å². The van der Waals surface area contributed by atoms with E-state index in [1.54, 1.807) is 45.0 Å². The molecular formula is C27H32F2N2O6. The zero-order chi connectivity index (χ0) is 27.1. The van der Waals surface area contributed by atoms with Crippen molar-refractivity contribution in [1.82, 2.24) is 5.32 Å². The van der Waals surface area contributed by atoms with E-state index in [0.29, 0.717) is 24.3 Å². The van der Waals surface area contributed by atoms with Gasteiger partial charge in [0.2, 0.25) is 5.90 Å². The number of nitrogens with zero attached hydrogens (tertiary/aromatic N) is 1. The molecule has 200 valence electrons. The van der Waals surface area contributed by atoms with E-state index in [1.165, 1.54) is 6.07 Å². The third-order valence-corrected chi connectivity index (χ3v) is 5.48. The molecule has 1 heterocycles. The van der Waals surface area contributed by atoms with Crippen LogP contribution >= 0.6 is 0 Å². The van der Waals surface area contributed by atoms with Gasteiger partial charge in [0.05, 0.1) is 6.61 Å². The summed E-state index contributed by atoms with van der Waals surface area (Å²) in [5.41, 5.74) is -1.42. The van der Waals surface area contributed by atoms with Gasteiger partial charge in [-0.3, -0.25) is 9.59 Å². The van der Waals surface area contributed by atoms with Crippen molar-refractivity contribution in [3.8, 4) is 5.75 Å². The minimum absolute atomic E-state index is 0.00546. The van der Waals surface area contributed by atoms with Gasteiger partial charge in [0, 0.05) is 43.2 Å². The molecule has 0 aromatic heterocycles. The minimum Gasteiger partial charge on any atom is -0.494 e. The zero-order valence-corrected chi connectivity index (χ0v) is 21.2. The second-order valence-electron chi connectivity index (χ2n) is 9.69. The van der Waals surface area contributed by atoms with E-state index in [4.69, 9.17) is 19.3 Å². The van der Waals surface area contributed by atoms with Crippen molar-refractivity contribution in [3.63, 3.8) is 0 Å². The summed E-state index contributed by atoms with van der Waals surface area (Å²) in [7, 11) is 0. The molecule has 0 saturated carbocycles. The normalized spacial score (nSPS) is 17.1. The standard InChI is InChI=1S/C27H32F2N2O6/c1-26(2,3)37-23(33)11-12-27(25(34)30-16-19-5-8-20(28)15-22(19)29)17-36-24(31-27)18-6-9-21(10-7-18)35-14-4-13-32/h5-10,15,32H,4,11-14,16-17H2,1-3H3,(H,30,34)/t27-/m1/s1. The van der Waals surface area contributed by atoms with Crippen LogP contribution < -0.4 is 10.1 Å². The summed E-state index contributed by atoms with van der Waals surface area (Å²) in [6.07, 6.45) is 0.424. The first-order chi connectivity index (χ1) is 17.5. The van der Waals surface area contributed by atoms with Crippen molar-refractivity contribution in [2.24, 2.45) is 4.99 Å². The molecule has 37 heavy (non-hydrogen) atoms. The van der Waals surface area contributed by atoms with Crippen LogP contribution in [0.1, 0.15) is 51.2 Å². The Balaban J connectivity index is 1.78. The number of hydrogen-bond donors (Lipinski definition) is 2. The third-order valence-electron chi connectivity index (χ3n) is 5.48. The average molecular weight is 519 g/mol. The van der Waals surface area contributed by atoms with Gasteiger partial charge >= 0.3 is 5.97 Å². The lowest BCUT2D eigenvalue weighted by Crippen LogP contribution is -2.47. The minimum atomic E-state index is -1.45. The highest BCUT2D eigenvalue weighted by Gasteiger charge is 2.44. The zero-order valence-electron chi connectivity index (χ0n) is 21.2. The average Bonchev–Trinajstić information content (AvgIpc) is 3.27. The summed E-state index contributed by atoms with van der Waals surface area (Å²) in [5, 5.41) is 11.5. The molecular weight excluding hydrogens is 486 g/mol. The van der Waals surface area contributed by atoms with Crippen molar-refractivity contribution < 1.29 is 37.7 Å². The summed E-state index contributed by atoms with van der Waals surface area (Å²) in [4.78, 5) is 30.2. The molecule has 0 aliphatic carbocycles. The molecule has 10 heteroatoms. The largest absolute Gasteiger partial charge is 0.494 e.